The van der Waals surface area contributed by atoms with E-state index in [1.807, 2.05) is 0 Å². The fraction of sp³-hybridized carbons (Fsp3) is 0.462. The Balaban J connectivity index is 2.28. The summed E-state index contributed by atoms with van der Waals surface area (Å²) in [6.07, 6.45) is 0.190. The average molecular weight is 240 g/mol. The lowest BCUT2D eigenvalue weighted by molar-refractivity contribution is 0.0611. The molecule has 1 aliphatic carbocycles. The van der Waals surface area contributed by atoms with Crippen molar-refractivity contribution in [2.75, 3.05) is 0 Å². The first kappa shape index (κ1) is 12.0. The summed E-state index contributed by atoms with van der Waals surface area (Å²) in [6, 6.07) is 5.93. The Kier molecular flexibility index (Phi) is 3.41. The molecule has 1 aliphatic rings. The van der Waals surface area contributed by atoms with E-state index in [0.717, 1.165) is 19.3 Å². The lowest BCUT2D eigenvalue weighted by Crippen LogP contribution is -2.25. The predicted octanol–water partition coefficient (Wildman–Crippen LogP) is 3.53. The Morgan fingerprint density at radius 1 is 1.35 bits per heavy atom. The topological polar surface area (TPSA) is 37.3 Å². The van der Waals surface area contributed by atoms with Crippen molar-refractivity contribution in [3.8, 4) is 0 Å². The summed E-state index contributed by atoms with van der Waals surface area (Å²) in [6.45, 7) is 0. The smallest absolute Gasteiger partial charge is 0.335 e. The van der Waals surface area contributed by atoms with Gasteiger partial charge in [0.05, 0.1) is 5.56 Å². The molecule has 1 atom stereocenters. The highest BCUT2D eigenvalue weighted by atomic mass is 19.3. The molecule has 1 fully saturated rings. The van der Waals surface area contributed by atoms with E-state index in [4.69, 9.17) is 5.11 Å². The van der Waals surface area contributed by atoms with Crippen LogP contribution < -0.4 is 0 Å². The van der Waals surface area contributed by atoms with Crippen LogP contribution in [-0.2, 0) is 0 Å². The van der Waals surface area contributed by atoms with Crippen molar-refractivity contribution in [1.29, 1.82) is 0 Å². The van der Waals surface area contributed by atoms with Gasteiger partial charge >= 0.3 is 5.97 Å². The second-order valence-corrected chi connectivity index (χ2v) is 4.48. The van der Waals surface area contributed by atoms with Crippen LogP contribution in [-0.4, -0.2) is 17.5 Å². The number of carboxylic acid groups (broad SMARTS) is 1. The SMILES string of the molecule is O=C(O)c1cccc(C(C(F)F)C2CCC2)c1. The van der Waals surface area contributed by atoms with Gasteiger partial charge in [0.1, 0.15) is 0 Å². The Hall–Kier alpha value is -1.45. The fourth-order valence-electron chi connectivity index (χ4n) is 2.30. The number of hydrogen-bond donors (Lipinski definition) is 1. The van der Waals surface area contributed by atoms with Gasteiger partial charge in [0.2, 0.25) is 6.43 Å². The van der Waals surface area contributed by atoms with Gasteiger partial charge in [-0.1, -0.05) is 18.6 Å². The molecule has 0 saturated heterocycles. The molecule has 1 aromatic carbocycles. The molecule has 0 heterocycles. The van der Waals surface area contributed by atoms with Crippen LogP contribution in [0.15, 0.2) is 24.3 Å². The monoisotopic (exact) mass is 240 g/mol. The van der Waals surface area contributed by atoms with Crippen LogP contribution in [0.3, 0.4) is 0 Å². The Morgan fingerprint density at radius 2 is 2.06 bits per heavy atom. The number of benzene rings is 1. The zero-order valence-electron chi connectivity index (χ0n) is 9.27. The van der Waals surface area contributed by atoms with E-state index in [9.17, 15) is 13.6 Å². The van der Waals surface area contributed by atoms with Gasteiger partial charge in [0, 0.05) is 5.92 Å². The largest absolute Gasteiger partial charge is 0.478 e. The molecule has 1 aromatic rings. The number of aromatic carboxylic acids is 1. The minimum Gasteiger partial charge on any atom is -0.478 e. The van der Waals surface area contributed by atoms with Crippen LogP contribution in [0, 0.1) is 5.92 Å². The van der Waals surface area contributed by atoms with Crippen LogP contribution in [0.1, 0.15) is 41.1 Å². The summed E-state index contributed by atoms with van der Waals surface area (Å²) in [5, 5.41) is 8.85. The molecule has 2 rings (SSSR count). The summed E-state index contributed by atoms with van der Waals surface area (Å²) >= 11 is 0. The number of alkyl halides is 2. The summed E-state index contributed by atoms with van der Waals surface area (Å²) in [5.41, 5.74) is 0.525. The standard InChI is InChI=1S/C13H14F2O2/c14-12(15)11(8-3-1-4-8)9-5-2-6-10(7-9)13(16)17/h2,5-8,11-12H,1,3-4H2,(H,16,17). The van der Waals surface area contributed by atoms with Crippen molar-refractivity contribution in [3.63, 3.8) is 0 Å². The number of hydrogen-bond acceptors (Lipinski definition) is 1. The summed E-state index contributed by atoms with van der Waals surface area (Å²) in [7, 11) is 0. The maximum Gasteiger partial charge on any atom is 0.335 e. The van der Waals surface area contributed by atoms with E-state index < -0.39 is 18.3 Å². The highest BCUT2D eigenvalue weighted by Gasteiger charge is 2.35. The van der Waals surface area contributed by atoms with E-state index in [0.29, 0.717) is 5.56 Å². The summed E-state index contributed by atoms with van der Waals surface area (Å²) < 4.78 is 26.1. The Morgan fingerprint density at radius 3 is 2.53 bits per heavy atom. The van der Waals surface area contributed by atoms with Gasteiger partial charge in [0.15, 0.2) is 0 Å². The van der Waals surface area contributed by atoms with Crippen molar-refractivity contribution >= 4 is 5.97 Å². The average Bonchev–Trinajstić information content (AvgIpc) is 2.22. The van der Waals surface area contributed by atoms with Crippen molar-refractivity contribution in [3.05, 3.63) is 35.4 Å². The normalized spacial score (nSPS) is 17.8. The van der Waals surface area contributed by atoms with Gasteiger partial charge in [0.25, 0.3) is 0 Å². The molecule has 0 amide bonds. The van der Waals surface area contributed by atoms with Gasteiger partial charge in [-0.15, -0.1) is 0 Å². The zero-order valence-corrected chi connectivity index (χ0v) is 9.27. The van der Waals surface area contributed by atoms with Gasteiger partial charge < -0.3 is 5.11 Å². The molecule has 92 valence electrons. The Bertz CT molecular complexity index is 414. The molecule has 0 spiro atoms. The van der Waals surface area contributed by atoms with Gasteiger partial charge in [-0.2, -0.15) is 0 Å². The number of carbonyl (C=O) groups is 1. The van der Waals surface area contributed by atoms with E-state index in [-0.39, 0.29) is 11.5 Å². The van der Waals surface area contributed by atoms with Crippen molar-refractivity contribution in [1.82, 2.24) is 0 Å². The molecule has 0 radical (unpaired) electrons. The number of carboxylic acids is 1. The quantitative estimate of drug-likeness (QED) is 0.874. The van der Waals surface area contributed by atoms with Gasteiger partial charge in [-0.25, -0.2) is 13.6 Å². The molecule has 1 saturated carbocycles. The van der Waals surface area contributed by atoms with Gasteiger partial charge in [-0.3, -0.25) is 0 Å². The molecule has 0 aromatic heterocycles. The molecule has 0 aliphatic heterocycles. The predicted molar refractivity (Wildman–Crippen MR) is 59.5 cm³/mol. The van der Waals surface area contributed by atoms with Crippen LogP contribution in [0.4, 0.5) is 8.78 Å². The second kappa shape index (κ2) is 4.82. The Labute approximate surface area is 98.3 Å². The maximum absolute atomic E-state index is 13.0. The molecular weight excluding hydrogens is 226 g/mol. The van der Waals surface area contributed by atoms with Crippen LogP contribution in [0.25, 0.3) is 0 Å². The fourth-order valence-corrected chi connectivity index (χ4v) is 2.30. The third-order valence-electron chi connectivity index (χ3n) is 3.45. The molecular formula is C13H14F2O2. The lowest BCUT2D eigenvalue weighted by Gasteiger charge is -2.33. The van der Waals surface area contributed by atoms with Crippen LogP contribution >= 0.6 is 0 Å². The van der Waals surface area contributed by atoms with E-state index in [1.165, 1.54) is 18.2 Å². The highest BCUT2D eigenvalue weighted by Crippen LogP contribution is 2.42. The molecule has 1 unspecified atom stereocenters. The molecule has 4 heteroatoms. The first-order valence-electron chi connectivity index (χ1n) is 5.71. The molecule has 1 N–H and O–H groups in total. The summed E-state index contributed by atoms with van der Waals surface area (Å²) in [4.78, 5) is 10.8. The summed E-state index contributed by atoms with van der Waals surface area (Å²) in [5.74, 6) is -1.89. The van der Waals surface area contributed by atoms with E-state index >= 15 is 0 Å². The van der Waals surface area contributed by atoms with Crippen LogP contribution in [0.2, 0.25) is 0 Å². The lowest BCUT2D eigenvalue weighted by atomic mass is 9.73. The minimum absolute atomic E-state index is 0.000884. The molecule has 0 bridgehead atoms. The van der Waals surface area contributed by atoms with Crippen molar-refractivity contribution < 1.29 is 18.7 Å². The maximum atomic E-state index is 13.0. The zero-order chi connectivity index (χ0) is 12.4. The van der Waals surface area contributed by atoms with Gasteiger partial charge in [-0.05, 0) is 36.5 Å². The third kappa shape index (κ3) is 2.46. The third-order valence-corrected chi connectivity index (χ3v) is 3.45. The van der Waals surface area contributed by atoms with Crippen molar-refractivity contribution in [2.24, 2.45) is 5.92 Å². The molecule has 17 heavy (non-hydrogen) atoms. The molecule has 2 nitrogen and oxygen atoms in total. The number of halogens is 2. The highest BCUT2D eigenvalue weighted by molar-refractivity contribution is 5.87. The first-order chi connectivity index (χ1) is 8.09. The van der Waals surface area contributed by atoms with E-state index in [2.05, 4.69) is 0 Å². The first-order valence-corrected chi connectivity index (χ1v) is 5.71. The van der Waals surface area contributed by atoms with Crippen LogP contribution in [0.5, 0.6) is 0 Å². The minimum atomic E-state index is -2.43. The van der Waals surface area contributed by atoms with E-state index in [1.54, 1.807) is 6.07 Å². The van der Waals surface area contributed by atoms with Crippen molar-refractivity contribution in [2.45, 2.75) is 31.6 Å². The number of rotatable bonds is 4. The second-order valence-electron chi connectivity index (χ2n) is 4.48.